The summed E-state index contributed by atoms with van der Waals surface area (Å²) < 4.78 is 19.4. The van der Waals surface area contributed by atoms with Crippen LogP contribution in [0.4, 0.5) is 4.39 Å². The van der Waals surface area contributed by atoms with Crippen molar-refractivity contribution >= 4 is 23.6 Å². The van der Waals surface area contributed by atoms with Gasteiger partial charge < -0.3 is 14.6 Å². The van der Waals surface area contributed by atoms with Gasteiger partial charge in [-0.15, -0.1) is 11.8 Å². The number of halogens is 1. The first kappa shape index (κ1) is 20.4. The van der Waals surface area contributed by atoms with Gasteiger partial charge in [-0.3, -0.25) is 9.59 Å². The highest BCUT2D eigenvalue weighted by Gasteiger charge is 2.19. The van der Waals surface area contributed by atoms with E-state index >= 15 is 0 Å². The summed E-state index contributed by atoms with van der Waals surface area (Å²) in [5.41, 5.74) is 1.04. The minimum absolute atomic E-state index is 0.0479. The van der Waals surface area contributed by atoms with Crippen molar-refractivity contribution in [3.8, 4) is 11.5 Å². The van der Waals surface area contributed by atoms with Crippen LogP contribution in [0.1, 0.15) is 30.7 Å². The fourth-order valence-corrected chi connectivity index (χ4v) is 3.89. The van der Waals surface area contributed by atoms with Crippen LogP contribution < -0.4 is 5.32 Å². The number of likely N-dealkylation sites (tertiary alicyclic amines) is 1. The second-order valence-corrected chi connectivity index (χ2v) is 7.67. The van der Waals surface area contributed by atoms with Crippen LogP contribution in [-0.4, -0.2) is 47.1 Å². The quantitative estimate of drug-likeness (QED) is 0.649. The van der Waals surface area contributed by atoms with E-state index in [1.54, 1.807) is 25.1 Å². The van der Waals surface area contributed by atoms with Gasteiger partial charge in [0, 0.05) is 31.8 Å². The molecule has 1 N–H and O–H groups in total. The Kier molecular flexibility index (Phi) is 7.08. The number of carbonyl (C=O) groups is 2. The molecule has 2 heterocycles. The highest BCUT2D eigenvalue weighted by Crippen LogP contribution is 2.26. The van der Waals surface area contributed by atoms with Crippen molar-refractivity contribution in [2.45, 2.75) is 31.9 Å². The lowest BCUT2D eigenvalue weighted by Gasteiger charge is -2.15. The molecule has 8 heteroatoms. The van der Waals surface area contributed by atoms with E-state index in [4.69, 9.17) is 4.42 Å². The molecule has 3 rings (SSSR count). The Labute approximate surface area is 167 Å². The highest BCUT2D eigenvalue weighted by atomic mass is 32.2. The number of hydrogen-bond donors (Lipinski definition) is 1. The Bertz CT molecular complexity index is 840. The van der Waals surface area contributed by atoms with Crippen molar-refractivity contribution in [2.24, 2.45) is 0 Å². The molecule has 2 aromatic rings. The van der Waals surface area contributed by atoms with Gasteiger partial charge in [0.15, 0.2) is 0 Å². The lowest BCUT2D eigenvalue weighted by Crippen LogP contribution is -2.31. The zero-order valence-corrected chi connectivity index (χ0v) is 16.7. The number of aryl methyl sites for hydroxylation is 1. The van der Waals surface area contributed by atoms with E-state index in [0.717, 1.165) is 19.4 Å². The van der Waals surface area contributed by atoms with Gasteiger partial charge in [-0.25, -0.2) is 9.37 Å². The third-order valence-electron chi connectivity index (χ3n) is 4.57. The second-order valence-electron chi connectivity index (χ2n) is 6.68. The molecule has 6 nitrogen and oxygen atoms in total. The minimum atomic E-state index is -0.377. The van der Waals surface area contributed by atoms with E-state index in [2.05, 4.69) is 10.3 Å². The number of amides is 2. The Hall–Kier alpha value is -2.35. The third kappa shape index (κ3) is 5.34. The van der Waals surface area contributed by atoms with Crippen LogP contribution in [0.25, 0.3) is 11.5 Å². The van der Waals surface area contributed by atoms with Crippen molar-refractivity contribution in [1.29, 1.82) is 0 Å². The summed E-state index contributed by atoms with van der Waals surface area (Å²) in [6, 6.07) is 6.34. The second kappa shape index (κ2) is 9.73. The molecule has 0 aliphatic carbocycles. The normalized spacial score (nSPS) is 13.9. The molecule has 1 aromatic heterocycles. The molecule has 0 bridgehead atoms. The van der Waals surface area contributed by atoms with Crippen molar-refractivity contribution in [2.75, 3.05) is 25.4 Å². The summed E-state index contributed by atoms with van der Waals surface area (Å²) >= 11 is 1.43. The van der Waals surface area contributed by atoms with Crippen LogP contribution in [0.3, 0.4) is 0 Å². The molecule has 1 fully saturated rings. The van der Waals surface area contributed by atoms with Gasteiger partial charge in [-0.05, 0) is 31.9 Å². The van der Waals surface area contributed by atoms with Crippen LogP contribution in [0, 0.1) is 12.7 Å². The molecule has 0 unspecified atom stereocenters. The summed E-state index contributed by atoms with van der Waals surface area (Å²) in [4.78, 5) is 29.7. The van der Waals surface area contributed by atoms with Crippen molar-refractivity contribution in [1.82, 2.24) is 15.2 Å². The topological polar surface area (TPSA) is 75.4 Å². The first-order valence-corrected chi connectivity index (χ1v) is 10.5. The minimum Gasteiger partial charge on any atom is -0.441 e. The number of nitrogens with zero attached hydrogens (tertiary/aromatic N) is 2. The number of hydrogen-bond acceptors (Lipinski definition) is 5. The van der Waals surface area contributed by atoms with Crippen LogP contribution >= 0.6 is 11.8 Å². The zero-order valence-electron chi connectivity index (χ0n) is 15.9. The predicted octanol–water partition coefficient (Wildman–Crippen LogP) is 3.15. The number of carbonyl (C=O) groups excluding carboxylic acids is 2. The van der Waals surface area contributed by atoms with E-state index in [1.165, 1.54) is 17.8 Å². The number of thioether (sulfide) groups is 1. The molecule has 1 aliphatic heterocycles. The first-order valence-electron chi connectivity index (χ1n) is 9.38. The Morgan fingerprint density at radius 2 is 2.21 bits per heavy atom. The third-order valence-corrected chi connectivity index (χ3v) is 5.51. The summed E-state index contributed by atoms with van der Waals surface area (Å²) in [5, 5.41) is 2.87. The summed E-state index contributed by atoms with van der Waals surface area (Å²) in [7, 11) is 0. The van der Waals surface area contributed by atoms with Crippen LogP contribution in [-0.2, 0) is 15.3 Å². The number of oxazole rings is 1. The van der Waals surface area contributed by atoms with Gasteiger partial charge in [0.2, 0.25) is 17.7 Å². The Balaban J connectivity index is 1.38. The zero-order chi connectivity index (χ0) is 19.9. The van der Waals surface area contributed by atoms with E-state index in [0.29, 0.717) is 48.0 Å². The van der Waals surface area contributed by atoms with Gasteiger partial charge >= 0.3 is 0 Å². The molecule has 150 valence electrons. The fourth-order valence-electron chi connectivity index (χ4n) is 3.04. The van der Waals surface area contributed by atoms with E-state index in [9.17, 15) is 14.0 Å². The van der Waals surface area contributed by atoms with Gasteiger partial charge in [-0.2, -0.15) is 0 Å². The van der Waals surface area contributed by atoms with E-state index in [1.807, 2.05) is 4.90 Å². The Morgan fingerprint density at radius 3 is 2.96 bits per heavy atom. The molecule has 2 amide bonds. The van der Waals surface area contributed by atoms with Gasteiger partial charge in [0.1, 0.15) is 11.6 Å². The van der Waals surface area contributed by atoms with Gasteiger partial charge in [-0.1, -0.05) is 12.1 Å². The maximum atomic E-state index is 13.9. The molecule has 1 aromatic carbocycles. The average molecular weight is 405 g/mol. The van der Waals surface area contributed by atoms with Crippen molar-refractivity contribution in [3.63, 3.8) is 0 Å². The van der Waals surface area contributed by atoms with Crippen LogP contribution in [0.2, 0.25) is 0 Å². The summed E-state index contributed by atoms with van der Waals surface area (Å²) in [5.74, 6) is 1.49. The molecule has 1 saturated heterocycles. The highest BCUT2D eigenvalue weighted by molar-refractivity contribution is 7.99. The largest absolute Gasteiger partial charge is 0.441 e. The summed E-state index contributed by atoms with van der Waals surface area (Å²) in [6.45, 7) is 3.87. The number of nitrogens with one attached hydrogen (secondary N) is 1. The number of rotatable bonds is 9. The van der Waals surface area contributed by atoms with E-state index < -0.39 is 0 Å². The molecule has 0 spiro atoms. The standard InChI is InChI=1S/C20H24FN3O3S/c1-14-17(23-20(27-14)15-6-2-3-7-16(15)21)12-28-13-18(25)22-9-5-11-24-10-4-8-19(24)26/h2-3,6-7H,4-5,8-13H2,1H3,(H,22,25). The smallest absolute Gasteiger partial charge is 0.230 e. The van der Waals surface area contributed by atoms with Gasteiger partial charge in [0.25, 0.3) is 0 Å². The molecule has 0 atom stereocenters. The molecule has 0 saturated carbocycles. The van der Waals surface area contributed by atoms with Crippen LogP contribution in [0.5, 0.6) is 0 Å². The molecule has 0 radical (unpaired) electrons. The van der Waals surface area contributed by atoms with E-state index in [-0.39, 0.29) is 23.5 Å². The molecule has 1 aliphatic rings. The van der Waals surface area contributed by atoms with Crippen LogP contribution in [0.15, 0.2) is 28.7 Å². The molecule has 28 heavy (non-hydrogen) atoms. The first-order chi connectivity index (χ1) is 13.5. The lowest BCUT2D eigenvalue weighted by molar-refractivity contribution is -0.127. The van der Waals surface area contributed by atoms with Crippen molar-refractivity contribution in [3.05, 3.63) is 41.5 Å². The monoisotopic (exact) mass is 405 g/mol. The predicted molar refractivity (Wildman–Crippen MR) is 106 cm³/mol. The Morgan fingerprint density at radius 1 is 1.39 bits per heavy atom. The SMILES string of the molecule is Cc1oc(-c2ccccc2F)nc1CSCC(=O)NCCCN1CCCC1=O. The van der Waals surface area contributed by atoms with Gasteiger partial charge in [0.05, 0.1) is 17.0 Å². The maximum Gasteiger partial charge on any atom is 0.230 e. The number of benzene rings is 1. The van der Waals surface area contributed by atoms with Crippen molar-refractivity contribution < 1.29 is 18.4 Å². The summed E-state index contributed by atoms with van der Waals surface area (Å²) in [6.07, 6.45) is 2.33. The maximum absolute atomic E-state index is 13.9. The molecular weight excluding hydrogens is 381 g/mol. The average Bonchev–Trinajstić information content (AvgIpc) is 3.25. The lowest BCUT2D eigenvalue weighted by atomic mass is 10.2. The molecular formula is C20H24FN3O3S. The fraction of sp³-hybridized carbons (Fsp3) is 0.450. The number of aromatic nitrogens is 1.